The molecule has 192 valence electrons. The lowest BCUT2D eigenvalue weighted by Gasteiger charge is -2.28. The minimum atomic E-state index is -1.92. The monoisotopic (exact) mass is 514 g/mol. The van der Waals surface area contributed by atoms with Crippen LogP contribution in [-0.2, 0) is 12.6 Å². The minimum absolute atomic E-state index is 0.198. The van der Waals surface area contributed by atoms with E-state index >= 15 is 0 Å². The zero-order valence-electron chi connectivity index (χ0n) is 20.8. The third-order valence-electron chi connectivity index (χ3n) is 6.88. The summed E-state index contributed by atoms with van der Waals surface area (Å²) >= 11 is 0. The lowest BCUT2D eigenvalue weighted by Crippen LogP contribution is -2.30. The minimum Gasteiger partial charge on any atom is -0.380 e. The predicted molar refractivity (Wildman–Crippen MR) is 137 cm³/mol. The number of anilines is 1. The second-order valence-electron chi connectivity index (χ2n) is 9.43. The molecule has 0 amide bonds. The summed E-state index contributed by atoms with van der Waals surface area (Å²) in [6.07, 6.45) is 12.8. The number of hydrogen-bond donors (Lipinski definition) is 1. The van der Waals surface area contributed by atoms with E-state index in [1.54, 1.807) is 11.0 Å². The molecule has 11 heteroatoms. The Morgan fingerprint density at radius 1 is 0.974 bits per heavy atom. The van der Waals surface area contributed by atoms with Gasteiger partial charge in [0.05, 0.1) is 11.8 Å². The van der Waals surface area contributed by atoms with Gasteiger partial charge in [0.2, 0.25) is 0 Å². The Morgan fingerprint density at radius 3 is 2.39 bits per heavy atom. The maximum Gasteiger partial charge on any atom is 0.156 e. The highest BCUT2D eigenvalue weighted by Gasteiger charge is 2.33. The summed E-state index contributed by atoms with van der Waals surface area (Å²) in [5.41, 5.74) is 1.69. The molecule has 0 saturated carbocycles. The van der Waals surface area contributed by atoms with Crippen molar-refractivity contribution in [3.8, 4) is 11.1 Å². The molecule has 0 bridgehead atoms. The first-order valence-electron chi connectivity index (χ1n) is 12.1. The smallest absolute Gasteiger partial charge is 0.156 e. The van der Waals surface area contributed by atoms with E-state index in [-0.39, 0.29) is 5.56 Å². The van der Waals surface area contributed by atoms with Crippen LogP contribution < -0.4 is 4.90 Å². The number of benzene rings is 1. The molecule has 38 heavy (non-hydrogen) atoms. The van der Waals surface area contributed by atoms with Gasteiger partial charge >= 0.3 is 0 Å². The highest BCUT2D eigenvalue weighted by atomic mass is 19.1. The fourth-order valence-corrected chi connectivity index (χ4v) is 4.81. The Bertz CT molecular complexity index is 1650. The first kappa shape index (κ1) is 23.9. The number of halogens is 2. The summed E-state index contributed by atoms with van der Waals surface area (Å²) in [5, 5.41) is 19.6. The number of nitrogens with zero attached hydrogens (tertiary/aromatic N) is 8. The first-order valence-corrected chi connectivity index (χ1v) is 12.1. The molecule has 1 N–H and O–H groups in total. The van der Waals surface area contributed by atoms with Gasteiger partial charge in [0, 0.05) is 61.6 Å². The van der Waals surface area contributed by atoms with Crippen LogP contribution in [0.25, 0.3) is 22.2 Å². The van der Waals surface area contributed by atoms with E-state index in [9.17, 15) is 13.9 Å². The topological polar surface area (TPSA) is 97.3 Å². The number of fused-ring (bicyclic) bond motifs is 1. The highest BCUT2D eigenvalue weighted by Crippen LogP contribution is 2.33. The van der Waals surface area contributed by atoms with E-state index in [1.165, 1.54) is 25.4 Å². The van der Waals surface area contributed by atoms with Crippen molar-refractivity contribution in [1.82, 2.24) is 34.3 Å². The van der Waals surface area contributed by atoms with E-state index in [4.69, 9.17) is 0 Å². The normalized spacial score (nSPS) is 15.5. The standard InChI is InChI=1S/C27H24F2N8O/c1-27(38,24-21(28)4-3-5-22(24)29)20-12-30-25(31-13-20)17-6-8-36(9-7-17)26-23-10-18(15-37(23)34-16-32-26)19-11-33-35(2)14-19/h3-6,10-16,38H,7-9H2,1-2H3. The van der Waals surface area contributed by atoms with Gasteiger partial charge in [0.25, 0.3) is 0 Å². The molecule has 1 unspecified atom stereocenters. The Hall–Kier alpha value is -4.51. The number of rotatable bonds is 5. The van der Waals surface area contributed by atoms with Crippen LogP contribution in [0.3, 0.4) is 0 Å². The van der Waals surface area contributed by atoms with Crippen molar-refractivity contribution < 1.29 is 13.9 Å². The van der Waals surface area contributed by atoms with E-state index in [0.717, 1.165) is 40.2 Å². The van der Waals surface area contributed by atoms with Crippen molar-refractivity contribution in [2.45, 2.75) is 18.9 Å². The SMILES string of the molecule is Cn1cc(-c2cc3c(N4CC=C(c5ncc(C(C)(O)c6c(F)cccc6F)cn5)CC4)ncnn3c2)cn1. The van der Waals surface area contributed by atoms with Crippen molar-refractivity contribution in [2.75, 3.05) is 18.0 Å². The molecule has 5 heterocycles. The Kier molecular flexibility index (Phi) is 5.72. The van der Waals surface area contributed by atoms with Crippen molar-refractivity contribution in [3.05, 3.63) is 96.2 Å². The van der Waals surface area contributed by atoms with Crippen molar-refractivity contribution >= 4 is 16.9 Å². The van der Waals surface area contributed by atoms with E-state index in [0.29, 0.717) is 25.3 Å². The number of hydrogen-bond acceptors (Lipinski definition) is 7. The fraction of sp³-hybridized carbons (Fsp3) is 0.222. The van der Waals surface area contributed by atoms with Crippen molar-refractivity contribution in [2.24, 2.45) is 7.05 Å². The molecular formula is C27H24F2N8O. The summed E-state index contributed by atoms with van der Waals surface area (Å²) in [6.45, 7) is 2.61. The van der Waals surface area contributed by atoms with Crippen LogP contribution in [0, 0.1) is 11.6 Å². The van der Waals surface area contributed by atoms with Crippen LogP contribution in [0.1, 0.15) is 30.3 Å². The molecule has 9 nitrogen and oxygen atoms in total. The summed E-state index contributed by atoms with van der Waals surface area (Å²) in [6, 6.07) is 5.53. The van der Waals surface area contributed by atoms with Crippen LogP contribution in [0.2, 0.25) is 0 Å². The van der Waals surface area contributed by atoms with Crippen LogP contribution in [0.5, 0.6) is 0 Å². The van der Waals surface area contributed by atoms with Gasteiger partial charge < -0.3 is 10.0 Å². The third-order valence-corrected chi connectivity index (χ3v) is 6.88. The average Bonchev–Trinajstić information content (AvgIpc) is 3.55. The molecule has 6 rings (SSSR count). The zero-order valence-corrected chi connectivity index (χ0v) is 20.8. The summed E-state index contributed by atoms with van der Waals surface area (Å²) < 4.78 is 32.2. The van der Waals surface area contributed by atoms with Gasteiger partial charge in [0.15, 0.2) is 11.6 Å². The second-order valence-corrected chi connectivity index (χ2v) is 9.43. The van der Waals surface area contributed by atoms with Crippen LogP contribution in [-0.4, -0.2) is 52.5 Å². The van der Waals surface area contributed by atoms with E-state index < -0.39 is 22.8 Å². The fourth-order valence-electron chi connectivity index (χ4n) is 4.81. The Balaban J connectivity index is 1.23. The molecule has 0 radical (unpaired) electrons. The highest BCUT2D eigenvalue weighted by molar-refractivity contribution is 5.78. The van der Waals surface area contributed by atoms with E-state index in [2.05, 4.69) is 36.1 Å². The molecule has 0 aliphatic carbocycles. The number of aliphatic hydroxyl groups is 1. The molecule has 4 aromatic heterocycles. The van der Waals surface area contributed by atoms with Crippen LogP contribution in [0.4, 0.5) is 14.6 Å². The molecule has 1 aliphatic rings. The Morgan fingerprint density at radius 2 is 1.74 bits per heavy atom. The average molecular weight is 515 g/mol. The van der Waals surface area contributed by atoms with Crippen LogP contribution in [0.15, 0.2) is 67.7 Å². The first-order chi connectivity index (χ1) is 18.3. The molecule has 0 saturated heterocycles. The summed E-state index contributed by atoms with van der Waals surface area (Å²) in [7, 11) is 1.88. The maximum absolute atomic E-state index is 14.3. The van der Waals surface area contributed by atoms with Gasteiger partial charge in [-0.25, -0.2) is 28.2 Å². The zero-order chi connectivity index (χ0) is 26.4. The van der Waals surface area contributed by atoms with Crippen molar-refractivity contribution in [3.63, 3.8) is 0 Å². The molecule has 5 aromatic rings. The quantitative estimate of drug-likeness (QED) is 0.382. The summed E-state index contributed by atoms with van der Waals surface area (Å²) in [4.78, 5) is 15.5. The van der Waals surface area contributed by atoms with Gasteiger partial charge in [0.1, 0.15) is 29.1 Å². The van der Waals surface area contributed by atoms with Gasteiger partial charge in [-0.05, 0) is 37.1 Å². The molecule has 1 aliphatic heterocycles. The van der Waals surface area contributed by atoms with Gasteiger partial charge in [-0.1, -0.05) is 12.1 Å². The molecule has 1 aromatic carbocycles. The second kappa shape index (κ2) is 9.10. The van der Waals surface area contributed by atoms with Gasteiger partial charge in [-0.15, -0.1) is 0 Å². The van der Waals surface area contributed by atoms with Gasteiger partial charge in [-0.3, -0.25) is 4.68 Å². The van der Waals surface area contributed by atoms with E-state index in [1.807, 2.05) is 36.2 Å². The number of aryl methyl sites for hydroxylation is 1. The van der Waals surface area contributed by atoms with Crippen molar-refractivity contribution in [1.29, 1.82) is 0 Å². The third kappa shape index (κ3) is 4.10. The molecule has 1 atom stereocenters. The molecule has 0 spiro atoms. The Labute approximate surface area is 216 Å². The predicted octanol–water partition coefficient (Wildman–Crippen LogP) is 3.75. The largest absolute Gasteiger partial charge is 0.380 e. The number of aromatic nitrogens is 7. The summed E-state index contributed by atoms with van der Waals surface area (Å²) in [5.74, 6) is -0.329. The van der Waals surface area contributed by atoms with Gasteiger partial charge in [-0.2, -0.15) is 10.2 Å². The molecular weight excluding hydrogens is 490 g/mol. The maximum atomic E-state index is 14.3. The lowest BCUT2D eigenvalue weighted by atomic mass is 9.89. The lowest BCUT2D eigenvalue weighted by molar-refractivity contribution is 0.0926. The molecule has 0 fully saturated rings. The van der Waals surface area contributed by atoms with Crippen LogP contribution >= 0.6 is 0 Å².